The van der Waals surface area contributed by atoms with Crippen LogP contribution < -0.4 is 26.6 Å². The molecule has 2 saturated carbocycles. The van der Waals surface area contributed by atoms with Gasteiger partial charge >= 0.3 is 5.69 Å². The van der Waals surface area contributed by atoms with E-state index < -0.39 is 28.8 Å². The molecule has 0 radical (unpaired) electrons. The third kappa shape index (κ3) is 2.41. The minimum atomic E-state index is -1.01. The van der Waals surface area contributed by atoms with E-state index in [0.717, 1.165) is 23.4 Å². The van der Waals surface area contributed by atoms with Crippen molar-refractivity contribution in [3.8, 4) is 5.75 Å². The molecule has 0 amide bonds. The second kappa shape index (κ2) is 5.79. The van der Waals surface area contributed by atoms with E-state index in [1.807, 2.05) is 0 Å². The van der Waals surface area contributed by atoms with Gasteiger partial charge in [-0.05, 0) is 31.1 Å². The number of pyridine rings is 1. The lowest BCUT2D eigenvalue weighted by Crippen LogP contribution is -2.37. The fourth-order valence-corrected chi connectivity index (χ4v) is 4.63. The van der Waals surface area contributed by atoms with Crippen molar-refractivity contribution in [3.63, 3.8) is 0 Å². The van der Waals surface area contributed by atoms with Crippen molar-refractivity contribution in [2.75, 3.05) is 25.1 Å². The van der Waals surface area contributed by atoms with E-state index in [-0.39, 0.29) is 23.3 Å². The number of hydrogen-bond acceptors (Lipinski definition) is 5. The van der Waals surface area contributed by atoms with Crippen LogP contribution in [0, 0.1) is 11.7 Å². The zero-order chi connectivity index (χ0) is 19.8. The van der Waals surface area contributed by atoms with Crippen LogP contribution in [0.4, 0.5) is 14.5 Å². The van der Waals surface area contributed by atoms with Crippen LogP contribution >= 0.6 is 0 Å². The summed E-state index contributed by atoms with van der Waals surface area (Å²) in [6.07, 6.45) is 2.75. The summed E-state index contributed by atoms with van der Waals surface area (Å²) in [7, 11) is 1.40. The summed E-state index contributed by atoms with van der Waals surface area (Å²) in [5.74, 6) is -0.500. The maximum Gasteiger partial charge on any atom is 0.333 e. The first-order valence-electron chi connectivity index (χ1n) is 9.58. The molecule has 0 aromatic carbocycles. The number of fused-ring (bicyclic) bond motifs is 1. The highest BCUT2D eigenvalue weighted by molar-refractivity contribution is 5.78. The molecule has 3 fully saturated rings. The van der Waals surface area contributed by atoms with Gasteiger partial charge in [-0.2, -0.15) is 0 Å². The Bertz CT molecular complexity index is 1090. The number of rotatable bonds is 4. The maximum absolute atomic E-state index is 15.1. The van der Waals surface area contributed by atoms with Crippen molar-refractivity contribution in [2.45, 2.75) is 43.3 Å². The molecule has 5 rings (SSSR count). The highest BCUT2D eigenvalue weighted by atomic mass is 19.1. The molecule has 0 spiro atoms. The van der Waals surface area contributed by atoms with Gasteiger partial charge in [0, 0.05) is 25.1 Å². The molecule has 2 aliphatic carbocycles. The molecule has 1 saturated heterocycles. The Balaban J connectivity index is 1.68. The van der Waals surface area contributed by atoms with E-state index in [0.29, 0.717) is 37.0 Å². The molecule has 150 valence electrons. The van der Waals surface area contributed by atoms with Gasteiger partial charge in [0.15, 0.2) is 11.6 Å². The summed E-state index contributed by atoms with van der Waals surface area (Å²) in [6, 6.07) is 0. The number of nitrogens with zero attached hydrogens (tertiary/aromatic N) is 2. The van der Waals surface area contributed by atoms with Gasteiger partial charge in [0.1, 0.15) is 17.4 Å². The zero-order valence-corrected chi connectivity index (χ0v) is 15.5. The number of nitrogens with one attached hydrogen (secondary N) is 1. The number of aromatic nitrogens is 2. The monoisotopic (exact) mass is 392 g/mol. The van der Waals surface area contributed by atoms with Crippen molar-refractivity contribution < 1.29 is 13.5 Å². The first-order valence-corrected chi connectivity index (χ1v) is 9.58. The smallest absolute Gasteiger partial charge is 0.333 e. The summed E-state index contributed by atoms with van der Waals surface area (Å²) >= 11 is 0. The normalized spacial score (nSPS) is 29.5. The van der Waals surface area contributed by atoms with Crippen molar-refractivity contribution in [3.05, 3.63) is 38.4 Å². The van der Waals surface area contributed by atoms with Crippen LogP contribution in [-0.2, 0) is 0 Å². The van der Waals surface area contributed by atoms with Gasteiger partial charge in [-0.1, -0.05) is 0 Å². The van der Waals surface area contributed by atoms with Crippen LogP contribution in [0.3, 0.4) is 0 Å². The third-order valence-corrected chi connectivity index (χ3v) is 6.49. The van der Waals surface area contributed by atoms with Gasteiger partial charge in [-0.3, -0.25) is 14.2 Å². The Morgan fingerprint density at radius 2 is 2.04 bits per heavy atom. The average Bonchev–Trinajstić information content (AvgIpc) is 3.52. The molecular formula is C19H22F2N4O3. The van der Waals surface area contributed by atoms with Crippen molar-refractivity contribution in [1.29, 1.82) is 0 Å². The SMILES string of the molecule is COc1c(N2CCC(C3(N)CC3F)C2)c(F)cn2c(=O)[nH]c(=O)c(C3CC3)c12. The Morgan fingerprint density at radius 1 is 1.32 bits per heavy atom. The van der Waals surface area contributed by atoms with Gasteiger partial charge in [0.25, 0.3) is 5.56 Å². The van der Waals surface area contributed by atoms with Crippen molar-refractivity contribution in [2.24, 2.45) is 11.7 Å². The Hall–Kier alpha value is -2.42. The van der Waals surface area contributed by atoms with Crippen LogP contribution in [0.5, 0.6) is 5.75 Å². The first kappa shape index (κ1) is 17.7. The van der Waals surface area contributed by atoms with Crippen molar-refractivity contribution >= 4 is 11.2 Å². The van der Waals surface area contributed by atoms with E-state index in [1.54, 1.807) is 4.90 Å². The quantitative estimate of drug-likeness (QED) is 0.818. The lowest BCUT2D eigenvalue weighted by atomic mass is 9.97. The standard InChI is InChI=1S/C19H22F2N4O3/c1-28-16-14(24-5-4-10(7-24)19(22)6-12(19)21)11(20)8-25-15(16)13(9-2-3-9)17(26)23-18(25)27/h8-10,12H,2-7,22H2,1H3,(H,23,26,27). The predicted molar refractivity (Wildman–Crippen MR) is 99.5 cm³/mol. The van der Waals surface area contributed by atoms with Gasteiger partial charge in [-0.25, -0.2) is 13.6 Å². The van der Waals surface area contributed by atoms with Crippen LogP contribution in [0.25, 0.3) is 5.52 Å². The molecule has 3 N–H and O–H groups in total. The highest BCUT2D eigenvalue weighted by Crippen LogP contribution is 2.49. The Morgan fingerprint density at radius 3 is 2.64 bits per heavy atom. The van der Waals surface area contributed by atoms with Crippen LogP contribution in [0.15, 0.2) is 15.8 Å². The van der Waals surface area contributed by atoms with Crippen LogP contribution in [0.1, 0.15) is 37.2 Å². The second-order valence-corrected chi connectivity index (χ2v) is 8.24. The summed E-state index contributed by atoms with van der Waals surface area (Å²) in [5, 5.41) is 0. The van der Waals surface area contributed by atoms with E-state index in [4.69, 9.17) is 10.5 Å². The summed E-state index contributed by atoms with van der Waals surface area (Å²) in [5.41, 5.74) is 5.11. The van der Waals surface area contributed by atoms with Crippen molar-refractivity contribution in [1.82, 2.24) is 9.38 Å². The van der Waals surface area contributed by atoms with Gasteiger partial charge < -0.3 is 15.4 Å². The summed E-state index contributed by atoms with van der Waals surface area (Å²) in [4.78, 5) is 28.8. The molecule has 0 bridgehead atoms. The molecule has 1 aliphatic heterocycles. The molecule has 3 atom stereocenters. The number of anilines is 1. The van der Waals surface area contributed by atoms with Crippen LogP contribution in [-0.4, -0.2) is 41.3 Å². The second-order valence-electron chi connectivity index (χ2n) is 8.24. The number of alkyl halides is 1. The molecule has 9 heteroatoms. The lowest BCUT2D eigenvalue weighted by molar-refractivity contribution is 0.345. The molecule has 3 aliphatic rings. The molecule has 7 nitrogen and oxygen atoms in total. The minimum Gasteiger partial charge on any atom is -0.492 e. The minimum absolute atomic E-state index is 0.0314. The van der Waals surface area contributed by atoms with E-state index in [9.17, 15) is 14.0 Å². The number of halogens is 2. The van der Waals surface area contributed by atoms with E-state index >= 15 is 4.39 Å². The Kier molecular flexibility index (Phi) is 3.65. The largest absolute Gasteiger partial charge is 0.492 e. The number of ether oxygens (including phenoxy) is 1. The topological polar surface area (TPSA) is 92.8 Å². The number of hydrogen-bond donors (Lipinski definition) is 2. The van der Waals surface area contributed by atoms with Gasteiger partial charge in [-0.15, -0.1) is 0 Å². The number of nitrogens with two attached hydrogens (primary N) is 1. The van der Waals surface area contributed by atoms with Crippen LogP contribution in [0.2, 0.25) is 0 Å². The lowest BCUT2D eigenvalue weighted by Gasteiger charge is -2.25. The van der Waals surface area contributed by atoms with Gasteiger partial charge in [0.2, 0.25) is 0 Å². The summed E-state index contributed by atoms with van der Waals surface area (Å²) in [6.45, 7) is 0.915. The van der Waals surface area contributed by atoms with Gasteiger partial charge in [0.05, 0.1) is 18.8 Å². The molecule has 2 aromatic heterocycles. The first-order chi connectivity index (χ1) is 13.3. The molecule has 2 aromatic rings. The number of aromatic amines is 1. The number of H-pyrrole nitrogens is 1. The summed E-state index contributed by atoms with van der Waals surface area (Å²) < 4.78 is 35.4. The fraction of sp³-hybridized carbons (Fsp3) is 0.579. The number of methoxy groups -OCH3 is 1. The Labute approximate surface area is 159 Å². The average molecular weight is 392 g/mol. The molecule has 3 heterocycles. The van der Waals surface area contributed by atoms with E-state index in [2.05, 4.69) is 4.98 Å². The molecule has 28 heavy (non-hydrogen) atoms. The molecule has 3 unspecified atom stereocenters. The van der Waals surface area contributed by atoms with E-state index in [1.165, 1.54) is 7.11 Å². The highest BCUT2D eigenvalue weighted by Gasteiger charge is 2.58. The predicted octanol–water partition coefficient (Wildman–Crippen LogP) is 1.28. The third-order valence-electron chi connectivity index (χ3n) is 6.49. The molecular weight excluding hydrogens is 370 g/mol. The zero-order valence-electron chi connectivity index (χ0n) is 15.5. The fourth-order valence-electron chi connectivity index (χ4n) is 4.63. The maximum atomic E-state index is 15.1.